The van der Waals surface area contributed by atoms with Crippen LogP contribution in [-0.4, -0.2) is 66.3 Å². The predicted octanol–water partition coefficient (Wildman–Crippen LogP) is 3.16. The molecule has 2 aromatic heterocycles. The highest BCUT2D eigenvalue weighted by atomic mass is 16.5. The van der Waals surface area contributed by atoms with E-state index in [-0.39, 0.29) is 0 Å². The maximum Gasteiger partial charge on any atom is 0.143 e. The number of aromatic nitrogens is 3. The van der Waals surface area contributed by atoms with Crippen LogP contribution in [0.3, 0.4) is 0 Å². The van der Waals surface area contributed by atoms with E-state index in [0.29, 0.717) is 12.0 Å². The molecule has 1 aliphatic carbocycles. The SMILES string of the molecule is CN(C)C1CCC(N(C)c2ncnc3[nH]cc(C4CCOCC4)c23)CC1. The number of rotatable bonds is 4. The van der Waals surface area contributed by atoms with Crippen LogP contribution < -0.4 is 4.90 Å². The Morgan fingerprint density at radius 3 is 2.35 bits per heavy atom. The summed E-state index contributed by atoms with van der Waals surface area (Å²) in [5.74, 6) is 1.63. The minimum absolute atomic E-state index is 0.542. The summed E-state index contributed by atoms with van der Waals surface area (Å²) >= 11 is 0. The summed E-state index contributed by atoms with van der Waals surface area (Å²) in [5.41, 5.74) is 2.33. The van der Waals surface area contributed by atoms with Crippen LogP contribution in [0.2, 0.25) is 0 Å². The van der Waals surface area contributed by atoms with Crippen molar-refractivity contribution in [3.05, 3.63) is 18.1 Å². The topological polar surface area (TPSA) is 57.3 Å². The standard InChI is InChI=1S/C20H31N5O/c1-24(2)15-4-6-16(7-5-15)25(3)20-18-17(14-8-10-26-11-9-14)12-21-19(18)22-13-23-20/h12-16H,4-11H2,1-3H3,(H,21,22,23). The molecule has 0 atom stereocenters. The molecule has 2 aliphatic rings. The van der Waals surface area contributed by atoms with Crippen LogP contribution in [0.25, 0.3) is 11.0 Å². The lowest BCUT2D eigenvalue weighted by Gasteiger charge is -2.37. The molecule has 1 aliphatic heterocycles. The summed E-state index contributed by atoms with van der Waals surface area (Å²) in [4.78, 5) is 17.4. The van der Waals surface area contributed by atoms with Gasteiger partial charge in [0.1, 0.15) is 17.8 Å². The molecule has 0 unspecified atom stereocenters. The molecule has 0 amide bonds. The zero-order valence-corrected chi connectivity index (χ0v) is 16.2. The largest absolute Gasteiger partial charge is 0.381 e. The van der Waals surface area contributed by atoms with Gasteiger partial charge in [0.05, 0.1) is 5.39 Å². The van der Waals surface area contributed by atoms with Gasteiger partial charge >= 0.3 is 0 Å². The summed E-state index contributed by atoms with van der Waals surface area (Å²) in [6.45, 7) is 1.70. The molecule has 0 bridgehead atoms. The molecule has 26 heavy (non-hydrogen) atoms. The van der Waals surface area contributed by atoms with Crippen molar-refractivity contribution >= 4 is 16.9 Å². The van der Waals surface area contributed by atoms with E-state index < -0.39 is 0 Å². The third-order valence-corrected chi connectivity index (χ3v) is 6.42. The lowest BCUT2D eigenvalue weighted by molar-refractivity contribution is 0.0856. The fraction of sp³-hybridized carbons (Fsp3) is 0.700. The van der Waals surface area contributed by atoms with Crippen molar-refractivity contribution in [1.82, 2.24) is 19.9 Å². The molecule has 0 radical (unpaired) electrons. The van der Waals surface area contributed by atoms with E-state index in [1.54, 1.807) is 6.33 Å². The maximum absolute atomic E-state index is 5.56. The van der Waals surface area contributed by atoms with Crippen LogP contribution in [0.5, 0.6) is 0 Å². The molecular weight excluding hydrogens is 326 g/mol. The van der Waals surface area contributed by atoms with Crippen molar-refractivity contribution in [2.24, 2.45) is 0 Å². The Bertz CT molecular complexity index is 729. The predicted molar refractivity (Wildman–Crippen MR) is 105 cm³/mol. The van der Waals surface area contributed by atoms with Crippen LogP contribution in [0.4, 0.5) is 5.82 Å². The van der Waals surface area contributed by atoms with Gasteiger partial charge in [-0.15, -0.1) is 0 Å². The number of nitrogens with zero attached hydrogens (tertiary/aromatic N) is 4. The molecule has 1 saturated heterocycles. The molecule has 0 aromatic carbocycles. The van der Waals surface area contributed by atoms with Gasteiger partial charge in [0, 0.05) is 38.5 Å². The zero-order chi connectivity index (χ0) is 18.1. The molecular formula is C20H31N5O. The minimum Gasteiger partial charge on any atom is -0.381 e. The number of hydrogen-bond donors (Lipinski definition) is 1. The number of anilines is 1. The Morgan fingerprint density at radius 2 is 1.65 bits per heavy atom. The van der Waals surface area contributed by atoms with Crippen LogP contribution >= 0.6 is 0 Å². The number of ether oxygens (including phenoxy) is 1. The molecule has 2 fully saturated rings. The Balaban J connectivity index is 1.60. The number of nitrogens with one attached hydrogen (secondary N) is 1. The van der Waals surface area contributed by atoms with Gasteiger partial charge in [0.25, 0.3) is 0 Å². The molecule has 142 valence electrons. The van der Waals surface area contributed by atoms with Crippen molar-refractivity contribution in [3.63, 3.8) is 0 Å². The molecule has 2 aromatic rings. The summed E-state index contributed by atoms with van der Waals surface area (Å²) in [6.07, 6.45) is 11.0. The van der Waals surface area contributed by atoms with Gasteiger partial charge in [-0.25, -0.2) is 9.97 Å². The summed E-state index contributed by atoms with van der Waals surface area (Å²) in [7, 11) is 6.61. The van der Waals surface area contributed by atoms with Gasteiger partial charge in [-0.2, -0.15) is 0 Å². The smallest absolute Gasteiger partial charge is 0.143 e. The maximum atomic E-state index is 5.56. The van der Waals surface area contributed by atoms with E-state index in [0.717, 1.165) is 43.6 Å². The molecule has 4 rings (SSSR count). The van der Waals surface area contributed by atoms with E-state index in [2.05, 4.69) is 47.1 Å². The second kappa shape index (κ2) is 7.53. The first kappa shape index (κ1) is 17.7. The first-order valence-electron chi connectivity index (χ1n) is 9.94. The van der Waals surface area contributed by atoms with Crippen molar-refractivity contribution in [1.29, 1.82) is 0 Å². The fourth-order valence-corrected chi connectivity index (χ4v) is 4.70. The highest BCUT2D eigenvalue weighted by Crippen LogP contribution is 2.37. The van der Waals surface area contributed by atoms with Gasteiger partial charge < -0.3 is 19.5 Å². The lowest BCUT2D eigenvalue weighted by Crippen LogP contribution is -2.40. The van der Waals surface area contributed by atoms with Gasteiger partial charge in [-0.3, -0.25) is 0 Å². The van der Waals surface area contributed by atoms with E-state index in [9.17, 15) is 0 Å². The number of H-pyrrole nitrogens is 1. The quantitative estimate of drug-likeness (QED) is 0.911. The fourth-order valence-electron chi connectivity index (χ4n) is 4.70. The summed E-state index contributed by atoms with van der Waals surface area (Å²) in [6, 6.07) is 1.27. The Morgan fingerprint density at radius 1 is 0.962 bits per heavy atom. The van der Waals surface area contributed by atoms with Crippen LogP contribution in [0, 0.1) is 0 Å². The average molecular weight is 358 g/mol. The average Bonchev–Trinajstić information content (AvgIpc) is 3.12. The molecule has 3 heterocycles. The van der Waals surface area contributed by atoms with Crippen LogP contribution in [0.1, 0.15) is 50.0 Å². The van der Waals surface area contributed by atoms with Crippen LogP contribution in [-0.2, 0) is 4.74 Å². The highest BCUT2D eigenvalue weighted by molar-refractivity contribution is 5.91. The van der Waals surface area contributed by atoms with Gasteiger partial charge in [0.2, 0.25) is 0 Å². The number of fused-ring (bicyclic) bond motifs is 1. The van der Waals surface area contributed by atoms with Crippen molar-refractivity contribution < 1.29 is 4.74 Å². The number of aromatic amines is 1. The summed E-state index contributed by atoms with van der Waals surface area (Å²) < 4.78 is 5.56. The van der Waals surface area contributed by atoms with Crippen molar-refractivity contribution in [3.8, 4) is 0 Å². The second-order valence-corrected chi connectivity index (χ2v) is 8.09. The Hall–Kier alpha value is -1.66. The third-order valence-electron chi connectivity index (χ3n) is 6.42. The first-order chi connectivity index (χ1) is 12.6. The van der Waals surface area contributed by atoms with Crippen molar-refractivity contribution in [2.75, 3.05) is 39.3 Å². The van der Waals surface area contributed by atoms with Crippen LogP contribution in [0.15, 0.2) is 12.5 Å². The van der Waals surface area contributed by atoms with Gasteiger partial charge in [0.15, 0.2) is 0 Å². The third kappa shape index (κ3) is 3.32. The van der Waals surface area contributed by atoms with E-state index in [1.165, 1.54) is 36.6 Å². The molecule has 1 N–H and O–H groups in total. The number of hydrogen-bond acceptors (Lipinski definition) is 5. The Kier molecular flexibility index (Phi) is 5.14. The molecule has 1 saturated carbocycles. The lowest BCUT2D eigenvalue weighted by atomic mass is 9.89. The minimum atomic E-state index is 0.542. The normalized spacial score (nSPS) is 25.1. The molecule has 0 spiro atoms. The summed E-state index contributed by atoms with van der Waals surface area (Å²) in [5, 5.41) is 1.22. The monoisotopic (exact) mass is 357 g/mol. The zero-order valence-electron chi connectivity index (χ0n) is 16.2. The highest BCUT2D eigenvalue weighted by Gasteiger charge is 2.28. The van der Waals surface area contributed by atoms with Gasteiger partial charge in [-0.05, 0) is 64.1 Å². The first-order valence-corrected chi connectivity index (χ1v) is 9.94. The Labute approximate surface area is 155 Å². The van der Waals surface area contributed by atoms with E-state index in [4.69, 9.17) is 9.72 Å². The molecule has 6 heteroatoms. The second-order valence-electron chi connectivity index (χ2n) is 8.09. The molecule has 6 nitrogen and oxygen atoms in total. The van der Waals surface area contributed by atoms with Crippen molar-refractivity contribution in [2.45, 2.75) is 56.5 Å². The van der Waals surface area contributed by atoms with E-state index >= 15 is 0 Å². The van der Waals surface area contributed by atoms with E-state index in [1.807, 2.05) is 0 Å². The van der Waals surface area contributed by atoms with Gasteiger partial charge in [-0.1, -0.05) is 0 Å².